The molecule has 1 aliphatic rings. The second kappa shape index (κ2) is 10.9. The Balaban J connectivity index is 1.94. The van der Waals surface area contributed by atoms with Crippen LogP contribution in [0.5, 0.6) is 5.75 Å². The minimum Gasteiger partial charge on any atom is -0.598 e. The van der Waals surface area contributed by atoms with Crippen molar-refractivity contribution in [2.45, 2.75) is 70.5 Å². The van der Waals surface area contributed by atoms with E-state index in [1.54, 1.807) is 18.2 Å². The van der Waals surface area contributed by atoms with Gasteiger partial charge in [-0.25, -0.2) is 4.79 Å². The van der Waals surface area contributed by atoms with Crippen molar-refractivity contribution in [3.8, 4) is 5.75 Å². The fourth-order valence-electron chi connectivity index (χ4n) is 3.41. The Morgan fingerprint density at radius 1 is 1.25 bits per heavy atom. The van der Waals surface area contributed by atoms with Crippen LogP contribution in [0.4, 0.5) is 13.2 Å². The summed E-state index contributed by atoms with van der Waals surface area (Å²) in [6.07, 6.45) is -2.86. The molecule has 0 bridgehead atoms. The first kappa shape index (κ1) is 28.1. The lowest BCUT2D eigenvalue weighted by Crippen LogP contribution is -2.63. The second-order valence-corrected chi connectivity index (χ2v) is 11.7. The third-order valence-corrected chi connectivity index (χ3v) is 7.13. The van der Waals surface area contributed by atoms with Crippen LogP contribution >= 0.6 is 0 Å². The highest BCUT2D eigenvalue weighted by molar-refractivity contribution is 7.90. The fourth-order valence-corrected chi connectivity index (χ4v) is 4.26. The molecule has 1 heterocycles. The van der Waals surface area contributed by atoms with Gasteiger partial charge in [0, 0.05) is 16.7 Å². The minimum atomic E-state index is -5.04. The molecule has 1 amide bonds. The number of ether oxygens (including phenoxy) is 2. The van der Waals surface area contributed by atoms with Gasteiger partial charge in [-0.1, -0.05) is 0 Å². The molecular formula is C24H31F3N2O6S. The van der Waals surface area contributed by atoms with Gasteiger partial charge < -0.3 is 23.8 Å². The zero-order valence-electron chi connectivity index (χ0n) is 20.8. The Labute approximate surface area is 210 Å². The van der Waals surface area contributed by atoms with E-state index in [1.807, 2.05) is 4.72 Å². The van der Waals surface area contributed by atoms with E-state index in [0.717, 1.165) is 12.8 Å². The maximum atomic E-state index is 14.1. The Kier molecular flexibility index (Phi) is 8.51. The molecule has 1 aliphatic carbocycles. The van der Waals surface area contributed by atoms with E-state index in [9.17, 15) is 27.3 Å². The molecule has 3 atom stereocenters. The van der Waals surface area contributed by atoms with E-state index < -0.39 is 46.2 Å². The number of carbonyl (C=O) groups is 2. The normalized spacial score (nSPS) is 16.9. The van der Waals surface area contributed by atoms with Crippen molar-refractivity contribution in [2.24, 2.45) is 5.92 Å². The molecule has 12 heteroatoms. The van der Waals surface area contributed by atoms with Gasteiger partial charge in [-0.3, -0.25) is 4.79 Å². The second-order valence-electron chi connectivity index (χ2n) is 9.67. The average molecular weight is 533 g/mol. The highest BCUT2D eigenvalue weighted by atomic mass is 32.2. The van der Waals surface area contributed by atoms with Crippen LogP contribution in [0.1, 0.15) is 56.7 Å². The van der Waals surface area contributed by atoms with Crippen molar-refractivity contribution >= 4 is 34.2 Å². The van der Waals surface area contributed by atoms with Crippen LogP contribution in [-0.4, -0.2) is 52.7 Å². The number of rotatable bonds is 10. The lowest BCUT2D eigenvalue weighted by atomic mass is 10.1. The third-order valence-electron chi connectivity index (χ3n) is 5.55. The molecule has 0 spiro atoms. The molecule has 0 aliphatic heterocycles. The number of amides is 1. The van der Waals surface area contributed by atoms with E-state index >= 15 is 0 Å². The number of halogens is 3. The molecule has 3 rings (SSSR count). The van der Waals surface area contributed by atoms with Gasteiger partial charge in [0.2, 0.25) is 0 Å². The number of nitrogens with one attached hydrogen (secondary N) is 2. The summed E-state index contributed by atoms with van der Waals surface area (Å²) in [4.78, 5) is 25.9. The standard InChI is InChI=1S/C24H31F3N2O6S/c1-6-33-22(31)19(20(24(25,26)27)29-36(32)23(3,4)5)28-21(30)18-13(2)35-17-10-9-15(11-16(17)18)34-12-14-7-8-14/h9-11,14,19-20,29H,6-8,12H2,1-5H3,(H,28,30)/t19-,20-,36?/m0/s1. The van der Waals surface area contributed by atoms with Gasteiger partial charge in [0.05, 0.1) is 18.8 Å². The van der Waals surface area contributed by atoms with E-state index in [2.05, 4.69) is 5.32 Å². The third kappa shape index (κ3) is 6.86. The van der Waals surface area contributed by atoms with Gasteiger partial charge in [0.15, 0.2) is 12.1 Å². The van der Waals surface area contributed by atoms with E-state index in [0.29, 0.717) is 29.2 Å². The van der Waals surface area contributed by atoms with Gasteiger partial charge in [-0.2, -0.15) is 13.2 Å². The van der Waals surface area contributed by atoms with Gasteiger partial charge in [-0.05, 0) is 71.6 Å². The molecule has 1 fully saturated rings. The van der Waals surface area contributed by atoms with Crippen LogP contribution in [0, 0.1) is 12.8 Å². The van der Waals surface area contributed by atoms with Gasteiger partial charge in [-0.15, -0.1) is 4.72 Å². The SMILES string of the molecule is CCOC(=O)[C@@H](NC(=O)c1c(C)oc2ccc(OCC3CC3)cc12)[C@H](N[S+]([O-])C(C)(C)C)C(F)(F)F. The van der Waals surface area contributed by atoms with Crippen molar-refractivity contribution < 1.29 is 41.2 Å². The molecule has 1 aromatic carbocycles. The van der Waals surface area contributed by atoms with Gasteiger partial charge >= 0.3 is 12.1 Å². The number of aryl methyl sites for hydroxylation is 1. The maximum absolute atomic E-state index is 14.1. The first-order valence-corrected chi connectivity index (χ1v) is 12.8. The smallest absolute Gasteiger partial charge is 0.410 e. The predicted octanol–water partition coefficient (Wildman–Crippen LogP) is 4.17. The van der Waals surface area contributed by atoms with Crippen LogP contribution in [0.15, 0.2) is 22.6 Å². The summed E-state index contributed by atoms with van der Waals surface area (Å²) in [5.74, 6) is -1.15. The molecular weight excluding hydrogens is 501 g/mol. The highest BCUT2D eigenvalue weighted by Crippen LogP contribution is 2.33. The predicted molar refractivity (Wildman–Crippen MR) is 128 cm³/mol. The number of hydrogen-bond acceptors (Lipinski definition) is 7. The van der Waals surface area contributed by atoms with Crippen molar-refractivity contribution in [3.05, 3.63) is 29.5 Å². The number of benzene rings is 1. The zero-order chi connectivity index (χ0) is 26.8. The molecule has 1 unspecified atom stereocenters. The molecule has 0 saturated heterocycles. The molecule has 2 N–H and O–H groups in total. The molecule has 8 nitrogen and oxygen atoms in total. The quantitative estimate of drug-likeness (QED) is 0.349. The van der Waals surface area contributed by atoms with Crippen LogP contribution < -0.4 is 14.8 Å². The lowest BCUT2D eigenvalue weighted by Gasteiger charge is -2.32. The lowest BCUT2D eigenvalue weighted by molar-refractivity contribution is -0.172. The monoisotopic (exact) mass is 532 g/mol. The largest absolute Gasteiger partial charge is 0.598 e. The number of carbonyl (C=O) groups excluding carboxylic acids is 2. The van der Waals surface area contributed by atoms with E-state index in [4.69, 9.17) is 13.9 Å². The molecule has 1 saturated carbocycles. The highest BCUT2D eigenvalue weighted by Gasteiger charge is 2.53. The van der Waals surface area contributed by atoms with Gasteiger partial charge in [0.1, 0.15) is 21.8 Å². The topological polar surface area (TPSA) is 113 Å². The van der Waals surface area contributed by atoms with Crippen molar-refractivity contribution in [3.63, 3.8) is 0 Å². The van der Waals surface area contributed by atoms with Crippen LogP contribution in [0.2, 0.25) is 0 Å². The van der Waals surface area contributed by atoms with Crippen molar-refractivity contribution in [1.82, 2.24) is 10.0 Å². The fraction of sp³-hybridized carbons (Fsp3) is 0.583. The Hall–Kier alpha value is -2.44. The van der Waals surface area contributed by atoms with Crippen LogP contribution in [0.3, 0.4) is 0 Å². The number of alkyl halides is 3. The minimum absolute atomic E-state index is 0.0333. The molecule has 200 valence electrons. The summed E-state index contributed by atoms with van der Waals surface area (Å²) in [7, 11) is 0. The summed E-state index contributed by atoms with van der Waals surface area (Å²) in [6, 6.07) is -0.00547. The van der Waals surface area contributed by atoms with Crippen molar-refractivity contribution in [1.29, 1.82) is 0 Å². The van der Waals surface area contributed by atoms with Crippen LogP contribution in [0.25, 0.3) is 11.0 Å². The summed E-state index contributed by atoms with van der Waals surface area (Å²) >= 11 is -2.20. The maximum Gasteiger partial charge on any atom is 0.410 e. The van der Waals surface area contributed by atoms with Gasteiger partial charge in [0.25, 0.3) is 5.91 Å². The molecule has 0 radical (unpaired) electrons. The van der Waals surface area contributed by atoms with Crippen LogP contribution in [-0.2, 0) is 20.9 Å². The van der Waals surface area contributed by atoms with Crippen molar-refractivity contribution in [2.75, 3.05) is 13.2 Å². The van der Waals surface area contributed by atoms with E-state index in [-0.39, 0.29) is 17.9 Å². The van der Waals surface area contributed by atoms with E-state index in [1.165, 1.54) is 34.6 Å². The number of esters is 1. The number of furan rings is 1. The number of hydrogen-bond donors (Lipinski definition) is 2. The summed E-state index contributed by atoms with van der Waals surface area (Å²) in [5.41, 5.74) is 0.303. The Morgan fingerprint density at radius 3 is 2.47 bits per heavy atom. The molecule has 2 aromatic rings. The summed E-state index contributed by atoms with van der Waals surface area (Å²) in [6.45, 7) is 7.67. The Morgan fingerprint density at radius 2 is 1.92 bits per heavy atom. The summed E-state index contributed by atoms with van der Waals surface area (Å²) in [5, 5.41) is 2.48. The summed E-state index contributed by atoms with van der Waals surface area (Å²) < 4.78 is 71.8. The Bertz CT molecular complexity index is 1090. The zero-order valence-corrected chi connectivity index (χ0v) is 21.6. The number of fused-ring (bicyclic) bond motifs is 1. The first-order chi connectivity index (χ1) is 16.7. The average Bonchev–Trinajstić information content (AvgIpc) is 3.53. The molecule has 36 heavy (non-hydrogen) atoms. The first-order valence-electron chi connectivity index (χ1n) is 11.6. The molecule has 1 aromatic heterocycles.